The number of likely N-dealkylation sites (tertiary alicyclic amines) is 1. The van der Waals surface area contributed by atoms with Crippen LogP contribution in [-0.2, 0) is 4.79 Å². The summed E-state index contributed by atoms with van der Waals surface area (Å²) in [5, 5.41) is 2.49. The molecule has 1 fully saturated rings. The highest BCUT2D eigenvalue weighted by Gasteiger charge is 2.32. The molecule has 1 atom stereocenters. The number of carbonyl (C=O) groups is 1. The second-order valence-electron chi connectivity index (χ2n) is 6.16. The van der Waals surface area contributed by atoms with Crippen LogP contribution in [0.5, 0.6) is 0 Å². The number of allylic oxidation sites excluding steroid dienone is 2. The number of carbonyl (C=O) groups excluding carboxylic acids is 1. The molecule has 0 aliphatic carbocycles. The first kappa shape index (κ1) is 18.2. The lowest BCUT2D eigenvalue weighted by atomic mass is 10.0. The Hall–Kier alpha value is -2.12. The number of H-pyrrole nitrogens is 1. The Kier molecular flexibility index (Phi) is 5.46. The number of anilines is 1. The predicted molar refractivity (Wildman–Crippen MR) is 86.9 cm³/mol. The molecule has 0 bridgehead atoms. The van der Waals surface area contributed by atoms with E-state index in [4.69, 9.17) is 5.73 Å². The SMILES string of the molecule is C/C(=C(\C)N1CCCC(NC(=O)CC(F)(F)F)C1)c1cc[nH]c1N. The number of aromatic nitrogens is 1. The molecule has 2 rings (SSSR count). The fourth-order valence-electron chi connectivity index (χ4n) is 3.00. The lowest BCUT2D eigenvalue weighted by Crippen LogP contribution is -2.47. The summed E-state index contributed by atoms with van der Waals surface area (Å²) < 4.78 is 36.8. The minimum atomic E-state index is -4.48. The van der Waals surface area contributed by atoms with E-state index in [2.05, 4.69) is 15.2 Å². The Labute approximate surface area is 139 Å². The Bertz CT molecular complexity index is 621. The van der Waals surface area contributed by atoms with Crippen molar-refractivity contribution in [1.29, 1.82) is 0 Å². The molecule has 0 aromatic carbocycles. The van der Waals surface area contributed by atoms with Crippen LogP contribution in [0.3, 0.4) is 0 Å². The van der Waals surface area contributed by atoms with Gasteiger partial charge in [-0.25, -0.2) is 0 Å². The molecule has 1 aliphatic rings. The zero-order valence-electron chi connectivity index (χ0n) is 13.8. The Morgan fingerprint density at radius 3 is 2.75 bits per heavy atom. The molecule has 2 heterocycles. The van der Waals surface area contributed by atoms with Crippen LogP contribution in [0.1, 0.15) is 38.7 Å². The normalized spacial score (nSPS) is 19.9. The lowest BCUT2D eigenvalue weighted by molar-refractivity contribution is -0.154. The fraction of sp³-hybridized carbons (Fsp3) is 0.562. The van der Waals surface area contributed by atoms with Crippen LogP contribution < -0.4 is 11.1 Å². The molecule has 4 N–H and O–H groups in total. The van der Waals surface area contributed by atoms with Gasteiger partial charge in [0, 0.05) is 36.6 Å². The van der Waals surface area contributed by atoms with E-state index in [0.29, 0.717) is 18.8 Å². The summed E-state index contributed by atoms with van der Waals surface area (Å²) >= 11 is 0. The summed E-state index contributed by atoms with van der Waals surface area (Å²) in [5.74, 6) is -0.388. The van der Waals surface area contributed by atoms with Crippen molar-refractivity contribution in [2.45, 2.75) is 45.3 Å². The van der Waals surface area contributed by atoms with E-state index < -0.39 is 18.5 Å². The van der Waals surface area contributed by atoms with E-state index in [1.807, 2.05) is 19.9 Å². The van der Waals surface area contributed by atoms with E-state index in [1.54, 1.807) is 6.20 Å². The second-order valence-corrected chi connectivity index (χ2v) is 6.16. The average Bonchev–Trinajstić information content (AvgIpc) is 2.90. The molecule has 24 heavy (non-hydrogen) atoms. The fourth-order valence-corrected chi connectivity index (χ4v) is 3.00. The molecule has 8 heteroatoms. The van der Waals surface area contributed by atoms with Crippen LogP contribution in [0.4, 0.5) is 19.0 Å². The third kappa shape index (κ3) is 4.69. The highest BCUT2D eigenvalue weighted by molar-refractivity contribution is 5.77. The summed E-state index contributed by atoms with van der Waals surface area (Å²) in [6.07, 6.45) is -2.66. The number of halogens is 3. The average molecular weight is 344 g/mol. The summed E-state index contributed by atoms with van der Waals surface area (Å²) in [7, 11) is 0. The minimum absolute atomic E-state index is 0.278. The predicted octanol–water partition coefficient (Wildman–Crippen LogP) is 2.88. The molecular weight excluding hydrogens is 321 g/mol. The maximum absolute atomic E-state index is 12.3. The molecule has 0 radical (unpaired) electrons. The number of nitrogen functional groups attached to an aromatic ring is 1. The molecular formula is C16H23F3N4O. The second kappa shape index (κ2) is 7.19. The number of nitrogens with one attached hydrogen (secondary N) is 2. The molecule has 5 nitrogen and oxygen atoms in total. The van der Waals surface area contributed by atoms with Crippen molar-refractivity contribution in [3.05, 3.63) is 23.5 Å². The van der Waals surface area contributed by atoms with Crippen LogP contribution in [0.25, 0.3) is 5.57 Å². The summed E-state index contributed by atoms with van der Waals surface area (Å²) in [6.45, 7) is 5.22. The third-order valence-corrected chi connectivity index (χ3v) is 4.35. The topological polar surface area (TPSA) is 74.2 Å². The largest absolute Gasteiger partial charge is 0.397 e. The van der Waals surface area contributed by atoms with Gasteiger partial charge in [0.15, 0.2) is 0 Å². The van der Waals surface area contributed by atoms with Crippen molar-refractivity contribution in [3.8, 4) is 0 Å². The number of nitrogens with two attached hydrogens (primary N) is 1. The van der Waals surface area contributed by atoms with E-state index in [9.17, 15) is 18.0 Å². The van der Waals surface area contributed by atoms with Crippen molar-refractivity contribution < 1.29 is 18.0 Å². The maximum Gasteiger partial charge on any atom is 0.397 e. The molecule has 0 saturated carbocycles. The lowest BCUT2D eigenvalue weighted by Gasteiger charge is -2.36. The molecule has 1 aromatic heterocycles. The van der Waals surface area contributed by atoms with Gasteiger partial charge in [-0.05, 0) is 38.3 Å². The molecule has 1 amide bonds. The molecule has 0 spiro atoms. The van der Waals surface area contributed by atoms with E-state index in [0.717, 1.165) is 29.8 Å². The Morgan fingerprint density at radius 2 is 2.17 bits per heavy atom. The van der Waals surface area contributed by atoms with Gasteiger partial charge in [0.25, 0.3) is 0 Å². The van der Waals surface area contributed by atoms with Gasteiger partial charge in [0.1, 0.15) is 12.2 Å². The van der Waals surface area contributed by atoms with Gasteiger partial charge in [-0.15, -0.1) is 0 Å². The molecule has 1 aliphatic heterocycles. The van der Waals surface area contributed by atoms with E-state index in [-0.39, 0.29) is 6.04 Å². The molecule has 1 saturated heterocycles. The van der Waals surface area contributed by atoms with Gasteiger partial charge in [0.2, 0.25) is 5.91 Å². The first-order valence-corrected chi connectivity index (χ1v) is 7.89. The van der Waals surface area contributed by atoms with Crippen molar-refractivity contribution in [2.75, 3.05) is 18.8 Å². The van der Waals surface area contributed by atoms with Gasteiger partial charge < -0.3 is 20.9 Å². The molecule has 1 aromatic rings. The molecule has 1 unspecified atom stereocenters. The number of piperidine rings is 1. The van der Waals surface area contributed by atoms with Crippen molar-refractivity contribution in [2.24, 2.45) is 0 Å². The first-order chi connectivity index (χ1) is 11.2. The maximum atomic E-state index is 12.3. The summed E-state index contributed by atoms with van der Waals surface area (Å²) in [6, 6.07) is 1.61. The van der Waals surface area contributed by atoms with E-state index in [1.165, 1.54) is 0 Å². The third-order valence-electron chi connectivity index (χ3n) is 4.35. The number of rotatable bonds is 4. The zero-order valence-corrected chi connectivity index (χ0v) is 13.8. The number of alkyl halides is 3. The van der Waals surface area contributed by atoms with Crippen LogP contribution in [0.15, 0.2) is 18.0 Å². The first-order valence-electron chi connectivity index (χ1n) is 7.89. The van der Waals surface area contributed by atoms with Gasteiger partial charge >= 0.3 is 6.18 Å². The van der Waals surface area contributed by atoms with E-state index >= 15 is 0 Å². The number of aromatic amines is 1. The van der Waals surface area contributed by atoms with Gasteiger partial charge in [-0.3, -0.25) is 4.79 Å². The standard InChI is InChI=1S/C16H23F3N4O/c1-10(13-5-6-21-15(13)20)11(2)23-7-3-4-12(9-23)22-14(24)8-16(17,18)19/h5-6,12,21H,3-4,7-9,20H2,1-2H3,(H,22,24)/b11-10-. The van der Waals surface area contributed by atoms with Crippen LogP contribution in [0, 0.1) is 0 Å². The highest BCUT2D eigenvalue weighted by Crippen LogP contribution is 2.27. The van der Waals surface area contributed by atoms with Gasteiger partial charge in [-0.1, -0.05) is 0 Å². The quantitative estimate of drug-likeness (QED) is 0.786. The number of nitrogens with zero attached hydrogens (tertiary/aromatic N) is 1. The summed E-state index contributed by atoms with van der Waals surface area (Å²) in [4.78, 5) is 16.5. The van der Waals surface area contributed by atoms with Crippen LogP contribution >= 0.6 is 0 Å². The number of amides is 1. The van der Waals surface area contributed by atoms with Crippen LogP contribution in [0.2, 0.25) is 0 Å². The molecule has 134 valence electrons. The monoisotopic (exact) mass is 344 g/mol. The van der Waals surface area contributed by atoms with Crippen molar-refractivity contribution in [1.82, 2.24) is 15.2 Å². The van der Waals surface area contributed by atoms with Crippen LogP contribution in [-0.4, -0.2) is 41.1 Å². The zero-order chi connectivity index (χ0) is 17.9. The number of hydrogen-bond donors (Lipinski definition) is 3. The smallest absolute Gasteiger partial charge is 0.385 e. The Morgan fingerprint density at radius 1 is 1.46 bits per heavy atom. The van der Waals surface area contributed by atoms with Crippen molar-refractivity contribution >= 4 is 17.3 Å². The van der Waals surface area contributed by atoms with Gasteiger partial charge in [0.05, 0.1) is 0 Å². The Balaban J connectivity index is 2.02. The highest BCUT2D eigenvalue weighted by atomic mass is 19.4. The van der Waals surface area contributed by atoms with Gasteiger partial charge in [-0.2, -0.15) is 13.2 Å². The minimum Gasteiger partial charge on any atom is -0.385 e. The van der Waals surface area contributed by atoms with Crippen molar-refractivity contribution in [3.63, 3.8) is 0 Å². The number of hydrogen-bond acceptors (Lipinski definition) is 3. The summed E-state index contributed by atoms with van der Waals surface area (Å²) in [5.41, 5.74) is 8.82.